The monoisotopic (exact) mass is 606 g/mol. The fourth-order valence-corrected chi connectivity index (χ4v) is 5.54. The van der Waals surface area contributed by atoms with E-state index in [0.29, 0.717) is 19.3 Å². The van der Waals surface area contributed by atoms with Crippen LogP contribution in [0.1, 0.15) is 51.2 Å². The van der Waals surface area contributed by atoms with E-state index in [0.717, 1.165) is 24.8 Å². The average molecular weight is 607 g/mol. The predicted octanol–water partition coefficient (Wildman–Crippen LogP) is 5.81. The number of ether oxygens (including phenoxy) is 4. The normalized spacial score (nSPS) is 19.9. The highest BCUT2D eigenvalue weighted by atomic mass is 19.4. The Bertz CT molecular complexity index is 1280. The topological polar surface area (TPSA) is 94.6 Å². The molecule has 0 bridgehead atoms. The molecule has 12 heteroatoms. The van der Waals surface area contributed by atoms with E-state index in [2.05, 4.69) is 0 Å². The third-order valence-corrected chi connectivity index (χ3v) is 7.59. The van der Waals surface area contributed by atoms with E-state index in [1.54, 1.807) is 45.0 Å². The Labute approximate surface area is 248 Å². The van der Waals surface area contributed by atoms with Crippen molar-refractivity contribution in [1.82, 2.24) is 9.80 Å². The number of piperidine rings is 1. The molecule has 0 aromatic heterocycles. The molecular weight excluding hydrogens is 569 g/mol. The van der Waals surface area contributed by atoms with Crippen LogP contribution in [0.15, 0.2) is 60.7 Å². The number of nitrogens with zero attached hydrogens (tertiary/aromatic N) is 2. The number of hydrogen-bond acceptors (Lipinski definition) is 7. The molecule has 0 saturated carbocycles. The molecule has 0 unspecified atom stereocenters. The number of amides is 2. The van der Waals surface area contributed by atoms with Crippen molar-refractivity contribution >= 4 is 18.2 Å². The zero-order chi connectivity index (χ0) is 31.5. The molecular formula is C31H37F3N2O7. The van der Waals surface area contributed by atoms with Crippen molar-refractivity contribution in [3.63, 3.8) is 0 Å². The van der Waals surface area contributed by atoms with E-state index in [-0.39, 0.29) is 26.2 Å². The summed E-state index contributed by atoms with van der Waals surface area (Å²) >= 11 is 0. The van der Waals surface area contributed by atoms with Gasteiger partial charge in [0.05, 0.1) is 19.1 Å². The van der Waals surface area contributed by atoms with Gasteiger partial charge in [-0.3, -0.25) is 4.90 Å². The summed E-state index contributed by atoms with van der Waals surface area (Å²) in [6.07, 6.45) is -5.05. The number of methoxy groups -OCH3 is 1. The number of likely N-dealkylation sites (tertiary alicyclic amines) is 2. The summed E-state index contributed by atoms with van der Waals surface area (Å²) in [5.74, 6) is -1.69. The largest absolute Gasteiger partial charge is 0.450 e. The van der Waals surface area contributed by atoms with Gasteiger partial charge in [0.1, 0.15) is 12.2 Å². The van der Waals surface area contributed by atoms with E-state index in [9.17, 15) is 27.6 Å². The highest BCUT2D eigenvalue weighted by Crippen LogP contribution is 2.46. The smallest absolute Gasteiger partial charge is 0.432 e. The number of alkyl halides is 3. The number of halogens is 3. The molecule has 2 aromatic rings. The second kappa shape index (κ2) is 12.4. The molecule has 43 heavy (non-hydrogen) atoms. The molecule has 0 spiro atoms. The number of carbonyl (C=O) groups is 3. The molecule has 9 nitrogen and oxygen atoms in total. The van der Waals surface area contributed by atoms with E-state index < -0.39 is 52.7 Å². The number of esters is 1. The van der Waals surface area contributed by atoms with Gasteiger partial charge in [-0.15, -0.1) is 0 Å². The Morgan fingerprint density at radius 2 is 1.51 bits per heavy atom. The molecule has 2 aliphatic rings. The van der Waals surface area contributed by atoms with Crippen LogP contribution in [0.4, 0.5) is 22.8 Å². The van der Waals surface area contributed by atoms with Crippen molar-refractivity contribution in [2.24, 2.45) is 0 Å². The molecule has 2 fully saturated rings. The molecule has 2 atom stereocenters. The van der Waals surface area contributed by atoms with Crippen molar-refractivity contribution in [2.75, 3.05) is 26.7 Å². The van der Waals surface area contributed by atoms with Crippen molar-refractivity contribution in [2.45, 2.75) is 75.7 Å². The van der Waals surface area contributed by atoms with Crippen molar-refractivity contribution < 1.29 is 46.5 Å². The van der Waals surface area contributed by atoms with E-state index in [1.165, 1.54) is 28.0 Å². The zero-order valence-electron chi connectivity index (χ0n) is 24.7. The van der Waals surface area contributed by atoms with Gasteiger partial charge in [-0.05, 0) is 45.6 Å². The summed E-state index contributed by atoms with van der Waals surface area (Å²) in [5, 5.41) is 0. The molecule has 2 amide bonds. The minimum atomic E-state index is -5.20. The Kier molecular flexibility index (Phi) is 9.29. The van der Waals surface area contributed by atoms with Gasteiger partial charge >= 0.3 is 24.3 Å². The highest BCUT2D eigenvalue weighted by Gasteiger charge is 2.67. The summed E-state index contributed by atoms with van der Waals surface area (Å²) in [4.78, 5) is 42.6. The van der Waals surface area contributed by atoms with Crippen LogP contribution in [0, 0.1) is 0 Å². The molecule has 0 aliphatic carbocycles. The first kappa shape index (κ1) is 32.1. The molecule has 2 aromatic carbocycles. The van der Waals surface area contributed by atoms with Crippen LogP contribution in [0.2, 0.25) is 0 Å². The average Bonchev–Trinajstić information content (AvgIpc) is 2.93. The SMILES string of the molecule is CO[C@@](C(=O)OC1([C@@H]2CCCCN2C(=O)OC(C)(C)C)CN(C(=O)OCc2ccccc2)C1)(c1ccccc1)C(F)(F)F. The number of benzene rings is 2. The molecule has 2 heterocycles. The first-order valence-corrected chi connectivity index (χ1v) is 14.1. The van der Waals surface area contributed by atoms with Crippen LogP contribution in [0.5, 0.6) is 0 Å². The lowest BCUT2D eigenvalue weighted by molar-refractivity contribution is -0.288. The van der Waals surface area contributed by atoms with Crippen LogP contribution >= 0.6 is 0 Å². The van der Waals surface area contributed by atoms with Gasteiger partial charge < -0.3 is 23.8 Å². The van der Waals surface area contributed by atoms with Gasteiger partial charge in [0.15, 0.2) is 5.60 Å². The Hall–Kier alpha value is -3.80. The summed E-state index contributed by atoms with van der Waals surface area (Å²) in [6.45, 7) is 4.73. The first-order chi connectivity index (χ1) is 20.2. The van der Waals surface area contributed by atoms with Crippen molar-refractivity contribution in [3.8, 4) is 0 Å². The molecule has 0 radical (unpaired) electrons. The maximum absolute atomic E-state index is 14.7. The molecule has 4 rings (SSSR count). The predicted molar refractivity (Wildman–Crippen MR) is 149 cm³/mol. The second-order valence-corrected chi connectivity index (χ2v) is 11.8. The Morgan fingerprint density at radius 3 is 2.07 bits per heavy atom. The molecule has 2 aliphatic heterocycles. The van der Waals surface area contributed by atoms with Crippen LogP contribution in [-0.4, -0.2) is 78.1 Å². The Balaban J connectivity index is 1.66. The number of rotatable bonds is 7. The summed E-state index contributed by atoms with van der Waals surface area (Å²) < 4.78 is 65.9. The molecule has 2 saturated heterocycles. The maximum Gasteiger partial charge on any atom is 0.432 e. The standard InChI is InChI=1S/C31H37F3N2O7/c1-28(2,3)43-27(39)36-18-12-11-17-24(36)29(20-35(21-29)26(38)41-19-22-13-7-5-8-14-22)42-25(37)30(40-4,31(32,33)34)23-15-9-6-10-16-23/h5-10,13-16,24H,11-12,17-21H2,1-4H3/t24-,30+/m0/s1. The van der Waals surface area contributed by atoms with Gasteiger partial charge in [0.25, 0.3) is 5.60 Å². The van der Waals surface area contributed by atoms with Gasteiger partial charge in [0.2, 0.25) is 0 Å². The van der Waals surface area contributed by atoms with Crippen LogP contribution in [-0.2, 0) is 35.9 Å². The maximum atomic E-state index is 14.7. The molecule has 0 N–H and O–H groups in total. The lowest BCUT2D eigenvalue weighted by Crippen LogP contribution is -2.75. The van der Waals surface area contributed by atoms with Crippen molar-refractivity contribution in [1.29, 1.82) is 0 Å². The van der Waals surface area contributed by atoms with Crippen LogP contribution in [0.3, 0.4) is 0 Å². The third-order valence-electron chi connectivity index (χ3n) is 7.59. The van der Waals surface area contributed by atoms with E-state index >= 15 is 0 Å². The van der Waals surface area contributed by atoms with Gasteiger partial charge in [0, 0.05) is 19.2 Å². The minimum absolute atomic E-state index is 0.0225. The number of carbonyl (C=O) groups excluding carboxylic acids is 3. The van der Waals surface area contributed by atoms with Crippen LogP contribution in [0.25, 0.3) is 0 Å². The van der Waals surface area contributed by atoms with Gasteiger partial charge in [-0.1, -0.05) is 60.7 Å². The lowest BCUT2D eigenvalue weighted by Gasteiger charge is -2.56. The fourth-order valence-electron chi connectivity index (χ4n) is 5.54. The lowest BCUT2D eigenvalue weighted by atomic mass is 9.80. The summed E-state index contributed by atoms with van der Waals surface area (Å²) in [5.41, 5.74) is -5.68. The first-order valence-electron chi connectivity index (χ1n) is 14.1. The van der Waals surface area contributed by atoms with Crippen molar-refractivity contribution in [3.05, 3.63) is 71.8 Å². The number of hydrogen-bond donors (Lipinski definition) is 0. The zero-order valence-corrected chi connectivity index (χ0v) is 24.7. The quantitative estimate of drug-likeness (QED) is 0.290. The fraction of sp³-hybridized carbons (Fsp3) is 0.516. The third kappa shape index (κ3) is 6.74. The Morgan fingerprint density at radius 1 is 0.907 bits per heavy atom. The second-order valence-electron chi connectivity index (χ2n) is 11.8. The van der Waals surface area contributed by atoms with E-state index in [4.69, 9.17) is 18.9 Å². The molecule has 234 valence electrons. The minimum Gasteiger partial charge on any atom is -0.450 e. The summed E-state index contributed by atoms with van der Waals surface area (Å²) in [7, 11) is 0.788. The van der Waals surface area contributed by atoms with Gasteiger partial charge in [-0.25, -0.2) is 14.4 Å². The van der Waals surface area contributed by atoms with Crippen LogP contribution < -0.4 is 0 Å². The van der Waals surface area contributed by atoms with Gasteiger partial charge in [-0.2, -0.15) is 13.2 Å². The highest BCUT2D eigenvalue weighted by molar-refractivity contribution is 5.83. The summed E-state index contributed by atoms with van der Waals surface area (Å²) in [6, 6.07) is 14.6. The van der Waals surface area contributed by atoms with E-state index in [1.807, 2.05) is 6.07 Å².